The van der Waals surface area contributed by atoms with E-state index in [9.17, 15) is 9.90 Å². The third kappa shape index (κ3) is 5.30. The second kappa shape index (κ2) is 7.14. The molecule has 106 valence electrons. The van der Waals surface area contributed by atoms with Gasteiger partial charge >= 0.3 is 0 Å². The fraction of sp³-hybridized carbons (Fsp3) is 0.533. The molecule has 2 unspecified atom stereocenters. The van der Waals surface area contributed by atoms with E-state index in [-0.39, 0.29) is 17.7 Å². The SMILES string of the molecule is CC(CC(=O)NCC(O)C(C)C)c1ccc(N)cc1. The van der Waals surface area contributed by atoms with Crippen LogP contribution in [0.2, 0.25) is 0 Å². The summed E-state index contributed by atoms with van der Waals surface area (Å²) in [7, 11) is 0. The van der Waals surface area contributed by atoms with E-state index in [1.807, 2.05) is 45.0 Å². The molecule has 1 aromatic carbocycles. The monoisotopic (exact) mass is 264 g/mol. The van der Waals surface area contributed by atoms with Crippen LogP contribution >= 0.6 is 0 Å². The first-order valence-corrected chi connectivity index (χ1v) is 6.70. The van der Waals surface area contributed by atoms with Gasteiger partial charge in [0, 0.05) is 18.7 Å². The number of hydrogen-bond acceptors (Lipinski definition) is 3. The lowest BCUT2D eigenvalue weighted by atomic mass is 9.97. The molecule has 0 radical (unpaired) electrons. The van der Waals surface area contributed by atoms with Crippen molar-refractivity contribution in [1.82, 2.24) is 5.32 Å². The van der Waals surface area contributed by atoms with Crippen molar-refractivity contribution in [1.29, 1.82) is 0 Å². The number of nitrogens with one attached hydrogen (secondary N) is 1. The average Bonchev–Trinajstić information content (AvgIpc) is 2.36. The van der Waals surface area contributed by atoms with Gasteiger partial charge in [-0.15, -0.1) is 0 Å². The number of anilines is 1. The van der Waals surface area contributed by atoms with Crippen molar-refractivity contribution in [2.75, 3.05) is 12.3 Å². The van der Waals surface area contributed by atoms with Crippen molar-refractivity contribution in [3.8, 4) is 0 Å². The zero-order chi connectivity index (χ0) is 14.4. The van der Waals surface area contributed by atoms with Crippen molar-refractivity contribution >= 4 is 11.6 Å². The van der Waals surface area contributed by atoms with Gasteiger partial charge in [-0.25, -0.2) is 0 Å². The summed E-state index contributed by atoms with van der Waals surface area (Å²) in [5.41, 5.74) is 7.44. The van der Waals surface area contributed by atoms with Crippen LogP contribution in [0.25, 0.3) is 0 Å². The summed E-state index contributed by atoms with van der Waals surface area (Å²) >= 11 is 0. The van der Waals surface area contributed by atoms with Gasteiger partial charge in [0.15, 0.2) is 0 Å². The Morgan fingerprint density at radius 2 is 1.84 bits per heavy atom. The Hall–Kier alpha value is -1.55. The summed E-state index contributed by atoms with van der Waals surface area (Å²) in [5.74, 6) is 0.246. The van der Waals surface area contributed by atoms with Gasteiger partial charge in [-0.2, -0.15) is 0 Å². The molecule has 1 aromatic rings. The van der Waals surface area contributed by atoms with Gasteiger partial charge in [0.05, 0.1) is 6.10 Å². The number of nitrogen functional groups attached to an aromatic ring is 1. The Balaban J connectivity index is 2.42. The van der Waals surface area contributed by atoms with E-state index < -0.39 is 6.10 Å². The minimum Gasteiger partial charge on any atom is -0.399 e. The minimum atomic E-state index is -0.490. The number of carbonyl (C=O) groups excluding carboxylic acids is 1. The molecule has 0 aliphatic heterocycles. The third-order valence-electron chi connectivity index (χ3n) is 3.28. The number of hydrogen-bond donors (Lipinski definition) is 3. The van der Waals surface area contributed by atoms with E-state index in [2.05, 4.69) is 5.32 Å². The normalized spacial score (nSPS) is 14.2. The number of amides is 1. The Kier molecular flexibility index (Phi) is 5.83. The van der Waals surface area contributed by atoms with Gasteiger partial charge in [-0.1, -0.05) is 32.9 Å². The highest BCUT2D eigenvalue weighted by Gasteiger charge is 2.14. The lowest BCUT2D eigenvalue weighted by Gasteiger charge is -2.16. The Bertz CT molecular complexity index is 401. The summed E-state index contributed by atoms with van der Waals surface area (Å²) in [6.45, 7) is 6.16. The summed E-state index contributed by atoms with van der Waals surface area (Å²) < 4.78 is 0. The quantitative estimate of drug-likeness (QED) is 0.687. The first-order valence-electron chi connectivity index (χ1n) is 6.70. The van der Waals surface area contributed by atoms with E-state index in [1.165, 1.54) is 0 Å². The van der Waals surface area contributed by atoms with Gasteiger partial charge in [-0.05, 0) is 29.5 Å². The Morgan fingerprint density at radius 1 is 1.26 bits per heavy atom. The van der Waals surface area contributed by atoms with E-state index in [4.69, 9.17) is 5.73 Å². The van der Waals surface area contributed by atoms with Gasteiger partial charge in [0.1, 0.15) is 0 Å². The van der Waals surface area contributed by atoms with Crippen LogP contribution in [0, 0.1) is 5.92 Å². The predicted octanol–water partition coefficient (Wildman–Crippen LogP) is 1.90. The molecule has 19 heavy (non-hydrogen) atoms. The summed E-state index contributed by atoms with van der Waals surface area (Å²) in [4.78, 5) is 11.8. The summed E-state index contributed by atoms with van der Waals surface area (Å²) in [6.07, 6.45) is -0.0786. The highest BCUT2D eigenvalue weighted by molar-refractivity contribution is 5.76. The molecule has 4 heteroatoms. The maximum atomic E-state index is 11.8. The Morgan fingerprint density at radius 3 is 2.37 bits per heavy atom. The molecule has 4 N–H and O–H groups in total. The molecule has 0 fully saturated rings. The zero-order valence-corrected chi connectivity index (χ0v) is 11.9. The first-order chi connectivity index (χ1) is 8.90. The molecule has 1 amide bonds. The fourth-order valence-corrected chi connectivity index (χ4v) is 1.75. The van der Waals surface area contributed by atoms with Crippen LogP contribution in [0.15, 0.2) is 24.3 Å². The minimum absolute atomic E-state index is 0.0379. The summed E-state index contributed by atoms with van der Waals surface area (Å²) in [5, 5.41) is 12.4. The van der Waals surface area contributed by atoms with Crippen LogP contribution < -0.4 is 11.1 Å². The standard InChI is InChI=1S/C15H24N2O2/c1-10(2)14(18)9-17-15(19)8-11(3)12-4-6-13(16)7-5-12/h4-7,10-11,14,18H,8-9,16H2,1-3H3,(H,17,19). The largest absolute Gasteiger partial charge is 0.399 e. The van der Waals surface area contributed by atoms with Gasteiger partial charge in [-0.3, -0.25) is 4.79 Å². The van der Waals surface area contributed by atoms with Crippen molar-refractivity contribution < 1.29 is 9.90 Å². The second-order valence-electron chi connectivity index (χ2n) is 5.39. The zero-order valence-electron chi connectivity index (χ0n) is 11.9. The highest BCUT2D eigenvalue weighted by atomic mass is 16.3. The molecule has 0 spiro atoms. The molecule has 0 heterocycles. The Labute approximate surface area is 115 Å². The second-order valence-corrected chi connectivity index (χ2v) is 5.39. The van der Waals surface area contributed by atoms with Gasteiger partial charge in [0.25, 0.3) is 0 Å². The van der Waals surface area contributed by atoms with Crippen molar-refractivity contribution in [3.05, 3.63) is 29.8 Å². The summed E-state index contributed by atoms with van der Waals surface area (Å²) in [6, 6.07) is 7.56. The van der Waals surface area contributed by atoms with E-state index in [0.717, 1.165) is 11.3 Å². The number of aliphatic hydroxyl groups is 1. The van der Waals surface area contributed by atoms with Crippen LogP contribution in [0.5, 0.6) is 0 Å². The maximum absolute atomic E-state index is 11.8. The number of carbonyl (C=O) groups is 1. The van der Waals surface area contributed by atoms with Crippen LogP contribution in [-0.4, -0.2) is 23.7 Å². The topological polar surface area (TPSA) is 75.3 Å². The predicted molar refractivity (Wildman–Crippen MR) is 77.7 cm³/mol. The fourth-order valence-electron chi connectivity index (χ4n) is 1.75. The maximum Gasteiger partial charge on any atom is 0.220 e. The highest BCUT2D eigenvalue weighted by Crippen LogP contribution is 2.19. The molecule has 1 rings (SSSR count). The molecule has 0 saturated carbocycles. The molecule has 2 atom stereocenters. The van der Waals surface area contributed by atoms with Crippen LogP contribution in [0.4, 0.5) is 5.69 Å². The van der Waals surface area contributed by atoms with Crippen molar-refractivity contribution in [2.24, 2.45) is 5.92 Å². The van der Waals surface area contributed by atoms with Crippen LogP contribution in [0.3, 0.4) is 0 Å². The molecular weight excluding hydrogens is 240 g/mol. The lowest BCUT2D eigenvalue weighted by molar-refractivity contribution is -0.122. The van der Waals surface area contributed by atoms with Crippen LogP contribution in [-0.2, 0) is 4.79 Å². The van der Waals surface area contributed by atoms with Crippen molar-refractivity contribution in [2.45, 2.75) is 39.2 Å². The molecule has 4 nitrogen and oxygen atoms in total. The molecule has 0 aliphatic rings. The number of aliphatic hydroxyl groups excluding tert-OH is 1. The van der Waals surface area contributed by atoms with Gasteiger partial charge < -0.3 is 16.2 Å². The first kappa shape index (κ1) is 15.5. The molecular formula is C15H24N2O2. The third-order valence-corrected chi connectivity index (χ3v) is 3.28. The number of nitrogens with two attached hydrogens (primary N) is 1. The van der Waals surface area contributed by atoms with E-state index in [0.29, 0.717) is 13.0 Å². The van der Waals surface area contributed by atoms with Crippen molar-refractivity contribution in [3.63, 3.8) is 0 Å². The smallest absolute Gasteiger partial charge is 0.220 e. The number of benzene rings is 1. The lowest BCUT2D eigenvalue weighted by Crippen LogP contribution is -2.35. The average molecular weight is 264 g/mol. The van der Waals surface area contributed by atoms with Gasteiger partial charge in [0.2, 0.25) is 5.91 Å². The van der Waals surface area contributed by atoms with E-state index in [1.54, 1.807) is 0 Å². The van der Waals surface area contributed by atoms with Crippen LogP contribution in [0.1, 0.15) is 38.7 Å². The molecule has 0 saturated heterocycles. The molecule has 0 bridgehead atoms. The van der Waals surface area contributed by atoms with E-state index >= 15 is 0 Å². The molecule has 0 aliphatic carbocycles. The molecule has 0 aromatic heterocycles. The number of rotatable bonds is 6.